The van der Waals surface area contributed by atoms with E-state index in [1.807, 2.05) is 19.9 Å². The fourth-order valence-corrected chi connectivity index (χ4v) is 2.53. The lowest BCUT2D eigenvalue weighted by atomic mass is 10.0. The highest BCUT2D eigenvalue weighted by Crippen LogP contribution is 2.31. The second kappa shape index (κ2) is 4.93. The van der Waals surface area contributed by atoms with E-state index in [-0.39, 0.29) is 5.43 Å². The number of nitrogen functional groups attached to an aromatic ring is 1. The average molecular weight is 300 g/mol. The summed E-state index contributed by atoms with van der Waals surface area (Å²) in [6, 6.07) is 10.3. The van der Waals surface area contributed by atoms with Crippen LogP contribution in [0.3, 0.4) is 0 Å². The van der Waals surface area contributed by atoms with Gasteiger partial charge in [0.25, 0.3) is 0 Å². The Hall–Kier alpha value is -2.26. The predicted molar refractivity (Wildman–Crippen MR) is 86.8 cm³/mol. The molecule has 0 saturated carbocycles. The SMILES string of the molecule is Cc1ccc2c(=O)cc(-c3cc(N)ccc3Cl)oc2c1C. The second-order valence-corrected chi connectivity index (χ2v) is 5.51. The minimum absolute atomic E-state index is 0.0900. The number of benzene rings is 2. The lowest BCUT2D eigenvalue weighted by Crippen LogP contribution is -2.02. The summed E-state index contributed by atoms with van der Waals surface area (Å²) in [7, 11) is 0. The molecule has 2 aromatic carbocycles. The smallest absolute Gasteiger partial charge is 0.193 e. The summed E-state index contributed by atoms with van der Waals surface area (Å²) >= 11 is 6.19. The van der Waals surface area contributed by atoms with Crippen LogP contribution in [-0.4, -0.2) is 0 Å². The minimum Gasteiger partial charge on any atom is -0.455 e. The fraction of sp³-hybridized carbons (Fsp3) is 0.118. The Labute approximate surface area is 127 Å². The van der Waals surface area contributed by atoms with Crippen molar-refractivity contribution in [2.24, 2.45) is 0 Å². The van der Waals surface area contributed by atoms with E-state index in [0.29, 0.717) is 33.0 Å². The van der Waals surface area contributed by atoms with Gasteiger partial charge in [-0.3, -0.25) is 4.79 Å². The average Bonchev–Trinajstić information content (AvgIpc) is 2.45. The Balaban J connectivity index is 2.37. The van der Waals surface area contributed by atoms with Crippen molar-refractivity contribution < 1.29 is 4.42 Å². The summed E-state index contributed by atoms with van der Waals surface area (Å²) in [6.45, 7) is 3.92. The van der Waals surface area contributed by atoms with Crippen molar-refractivity contribution in [3.05, 3.63) is 62.8 Å². The van der Waals surface area contributed by atoms with Crippen LogP contribution in [0.15, 0.2) is 45.6 Å². The van der Waals surface area contributed by atoms with Crippen molar-refractivity contribution in [3.63, 3.8) is 0 Å². The molecule has 0 amide bonds. The van der Waals surface area contributed by atoms with Gasteiger partial charge in [0.1, 0.15) is 11.3 Å². The molecule has 0 aliphatic rings. The summed E-state index contributed by atoms with van der Waals surface area (Å²) < 4.78 is 5.94. The third kappa shape index (κ3) is 2.30. The lowest BCUT2D eigenvalue weighted by molar-refractivity contribution is 0.616. The third-order valence-electron chi connectivity index (χ3n) is 3.67. The Morgan fingerprint density at radius 1 is 1.10 bits per heavy atom. The van der Waals surface area contributed by atoms with Crippen LogP contribution in [0.5, 0.6) is 0 Å². The van der Waals surface area contributed by atoms with E-state index in [2.05, 4.69) is 0 Å². The zero-order valence-corrected chi connectivity index (χ0v) is 12.5. The second-order valence-electron chi connectivity index (χ2n) is 5.10. The number of halogens is 1. The molecule has 1 aromatic heterocycles. The van der Waals surface area contributed by atoms with Gasteiger partial charge in [0.2, 0.25) is 0 Å². The largest absolute Gasteiger partial charge is 0.455 e. The summed E-state index contributed by atoms with van der Waals surface area (Å²) in [5.41, 5.74) is 9.51. The van der Waals surface area contributed by atoms with E-state index < -0.39 is 0 Å². The highest BCUT2D eigenvalue weighted by Gasteiger charge is 2.12. The molecule has 4 heteroatoms. The molecular formula is C17H14ClNO2. The number of nitrogens with two attached hydrogens (primary N) is 1. The van der Waals surface area contributed by atoms with Crippen molar-refractivity contribution in [2.45, 2.75) is 13.8 Å². The molecule has 0 aliphatic heterocycles. The van der Waals surface area contributed by atoms with E-state index in [0.717, 1.165) is 11.1 Å². The molecule has 21 heavy (non-hydrogen) atoms. The van der Waals surface area contributed by atoms with Crippen molar-refractivity contribution in [2.75, 3.05) is 5.73 Å². The molecule has 0 spiro atoms. The van der Waals surface area contributed by atoms with Crippen molar-refractivity contribution >= 4 is 28.3 Å². The Morgan fingerprint density at radius 3 is 2.62 bits per heavy atom. The summed E-state index contributed by atoms with van der Waals surface area (Å²) in [5, 5.41) is 1.07. The standard InChI is InChI=1S/C17H14ClNO2/c1-9-3-5-12-15(20)8-16(21-17(12)10(9)2)13-7-11(19)4-6-14(13)18/h3-8H,19H2,1-2H3. The van der Waals surface area contributed by atoms with Crippen molar-refractivity contribution in [1.29, 1.82) is 0 Å². The summed E-state index contributed by atoms with van der Waals surface area (Å²) in [5.74, 6) is 0.429. The van der Waals surface area contributed by atoms with Gasteiger partial charge in [-0.2, -0.15) is 0 Å². The molecule has 0 unspecified atom stereocenters. The first-order valence-electron chi connectivity index (χ1n) is 6.57. The molecule has 0 fully saturated rings. The van der Waals surface area contributed by atoms with Gasteiger partial charge in [0, 0.05) is 17.3 Å². The van der Waals surface area contributed by atoms with Crippen LogP contribution in [0.2, 0.25) is 5.02 Å². The lowest BCUT2D eigenvalue weighted by Gasteiger charge is -2.09. The van der Waals surface area contributed by atoms with Crippen LogP contribution in [0.25, 0.3) is 22.3 Å². The summed E-state index contributed by atoms with van der Waals surface area (Å²) in [4.78, 5) is 12.3. The van der Waals surface area contributed by atoms with Crippen LogP contribution >= 0.6 is 11.6 Å². The third-order valence-corrected chi connectivity index (χ3v) is 4.00. The van der Waals surface area contributed by atoms with E-state index in [4.69, 9.17) is 21.8 Å². The van der Waals surface area contributed by atoms with Crippen LogP contribution < -0.4 is 11.2 Å². The quantitative estimate of drug-likeness (QED) is 0.681. The van der Waals surface area contributed by atoms with Gasteiger partial charge in [-0.05, 0) is 49.2 Å². The molecule has 106 valence electrons. The monoisotopic (exact) mass is 299 g/mol. The molecule has 0 atom stereocenters. The van der Waals surface area contributed by atoms with Gasteiger partial charge in [-0.1, -0.05) is 17.7 Å². The van der Waals surface area contributed by atoms with Gasteiger partial charge in [0.05, 0.1) is 10.4 Å². The first-order chi connectivity index (χ1) is 9.97. The van der Waals surface area contributed by atoms with E-state index in [1.54, 1.807) is 24.3 Å². The Bertz CT molecular complexity index is 913. The minimum atomic E-state index is -0.0900. The molecule has 0 aliphatic carbocycles. The number of aryl methyl sites for hydroxylation is 2. The van der Waals surface area contributed by atoms with Gasteiger partial charge < -0.3 is 10.2 Å². The highest BCUT2D eigenvalue weighted by molar-refractivity contribution is 6.33. The first-order valence-corrected chi connectivity index (χ1v) is 6.94. The molecule has 3 rings (SSSR count). The molecule has 2 N–H and O–H groups in total. The summed E-state index contributed by atoms with van der Waals surface area (Å²) in [6.07, 6.45) is 0. The van der Waals surface area contributed by atoms with Crippen LogP contribution in [0, 0.1) is 13.8 Å². The van der Waals surface area contributed by atoms with Crippen molar-refractivity contribution in [1.82, 2.24) is 0 Å². The van der Waals surface area contributed by atoms with Gasteiger partial charge >= 0.3 is 0 Å². The highest BCUT2D eigenvalue weighted by atomic mass is 35.5. The molecule has 0 saturated heterocycles. The molecule has 3 aromatic rings. The molecule has 3 nitrogen and oxygen atoms in total. The normalized spacial score (nSPS) is 11.0. The maximum atomic E-state index is 12.3. The maximum absolute atomic E-state index is 12.3. The maximum Gasteiger partial charge on any atom is 0.193 e. The van der Waals surface area contributed by atoms with Crippen LogP contribution in [-0.2, 0) is 0 Å². The number of hydrogen-bond donors (Lipinski definition) is 1. The molecular weight excluding hydrogens is 286 g/mol. The number of rotatable bonds is 1. The van der Waals surface area contributed by atoms with Crippen LogP contribution in [0.1, 0.15) is 11.1 Å². The van der Waals surface area contributed by atoms with E-state index in [9.17, 15) is 4.79 Å². The Kier molecular flexibility index (Phi) is 3.22. The molecule has 0 bridgehead atoms. The number of fused-ring (bicyclic) bond motifs is 1. The van der Waals surface area contributed by atoms with E-state index in [1.165, 1.54) is 6.07 Å². The van der Waals surface area contributed by atoms with Crippen LogP contribution in [0.4, 0.5) is 5.69 Å². The Morgan fingerprint density at radius 2 is 1.86 bits per heavy atom. The molecule has 1 heterocycles. The topological polar surface area (TPSA) is 56.2 Å². The molecule has 0 radical (unpaired) electrons. The number of anilines is 1. The first kappa shape index (κ1) is 13.7. The zero-order valence-electron chi connectivity index (χ0n) is 11.7. The number of hydrogen-bond acceptors (Lipinski definition) is 3. The van der Waals surface area contributed by atoms with Gasteiger partial charge in [0.15, 0.2) is 5.43 Å². The fourth-order valence-electron chi connectivity index (χ4n) is 2.32. The zero-order chi connectivity index (χ0) is 15.1. The van der Waals surface area contributed by atoms with Crippen molar-refractivity contribution in [3.8, 4) is 11.3 Å². The van der Waals surface area contributed by atoms with Gasteiger partial charge in [-0.15, -0.1) is 0 Å². The van der Waals surface area contributed by atoms with E-state index >= 15 is 0 Å². The predicted octanol–water partition coefficient (Wildman–Crippen LogP) is 4.31. The van der Waals surface area contributed by atoms with Gasteiger partial charge in [-0.25, -0.2) is 0 Å².